The van der Waals surface area contributed by atoms with Gasteiger partial charge in [0, 0.05) is 6.54 Å². The molecule has 2 aromatic carbocycles. The largest absolute Gasteiger partial charge is 0.491 e. The van der Waals surface area contributed by atoms with E-state index in [1.165, 1.54) is 22.3 Å². The Balaban J connectivity index is 1.78. The van der Waals surface area contributed by atoms with E-state index in [0.717, 1.165) is 38.2 Å². The summed E-state index contributed by atoms with van der Waals surface area (Å²) in [5, 5.41) is 0. The maximum atomic E-state index is 6.14. The highest BCUT2D eigenvalue weighted by Gasteiger charge is 2.12. The Bertz CT molecular complexity index is 735. The molecule has 0 fully saturated rings. The van der Waals surface area contributed by atoms with Crippen LogP contribution in [0.2, 0.25) is 0 Å². The first kappa shape index (κ1) is 24.4. The van der Waals surface area contributed by atoms with Crippen molar-refractivity contribution in [2.24, 2.45) is 11.8 Å². The Morgan fingerprint density at radius 1 is 0.767 bits per heavy atom. The first-order valence-electron chi connectivity index (χ1n) is 11.4. The van der Waals surface area contributed by atoms with Crippen molar-refractivity contribution in [2.45, 2.75) is 53.5 Å². The Morgan fingerprint density at radius 2 is 1.43 bits per heavy atom. The monoisotopic (exact) mass is 411 g/mol. The van der Waals surface area contributed by atoms with Crippen molar-refractivity contribution in [3.05, 3.63) is 64.7 Å². The van der Waals surface area contributed by atoms with Gasteiger partial charge < -0.3 is 14.4 Å². The van der Waals surface area contributed by atoms with Gasteiger partial charge in [0.1, 0.15) is 12.4 Å². The van der Waals surface area contributed by atoms with Crippen LogP contribution in [-0.2, 0) is 30.5 Å². The van der Waals surface area contributed by atoms with Gasteiger partial charge in [-0.25, -0.2) is 0 Å². The van der Waals surface area contributed by atoms with Gasteiger partial charge in [0.15, 0.2) is 0 Å². The van der Waals surface area contributed by atoms with Gasteiger partial charge in [-0.3, -0.25) is 0 Å². The molecule has 0 radical (unpaired) electrons. The summed E-state index contributed by atoms with van der Waals surface area (Å²) in [5.41, 5.74) is 5.46. The van der Waals surface area contributed by atoms with Gasteiger partial charge in [0.05, 0.1) is 13.2 Å². The molecule has 0 aliphatic carbocycles. The van der Waals surface area contributed by atoms with E-state index in [1.54, 1.807) is 0 Å². The fourth-order valence-electron chi connectivity index (χ4n) is 3.70. The summed E-state index contributed by atoms with van der Waals surface area (Å²) in [6, 6.07) is 15.3. The van der Waals surface area contributed by atoms with Crippen LogP contribution in [0.5, 0.6) is 5.75 Å². The predicted octanol–water partition coefficient (Wildman–Crippen LogP) is 5.78. The third-order valence-electron chi connectivity index (χ3n) is 5.01. The second kappa shape index (κ2) is 12.8. The number of nitrogens with zero attached hydrogens (tertiary/aromatic N) is 1. The van der Waals surface area contributed by atoms with Crippen molar-refractivity contribution in [3.63, 3.8) is 0 Å². The lowest BCUT2D eigenvalue weighted by molar-refractivity contribution is 0.102. The summed E-state index contributed by atoms with van der Waals surface area (Å²) in [6.07, 6.45) is 3.09. The fraction of sp³-hybridized carbons (Fsp3) is 0.556. The minimum absolute atomic E-state index is 0.595. The molecule has 0 aromatic heterocycles. The highest BCUT2D eigenvalue weighted by molar-refractivity contribution is 5.41. The van der Waals surface area contributed by atoms with Crippen LogP contribution in [-0.4, -0.2) is 38.8 Å². The molecule has 0 N–H and O–H groups in total. The molecule has 3 heteroatoms. The van der Waals surface area contributed by atoms with Crippen LogP contribution < -0.4 is 4.74 Å². The molecule has 30 heavy (non-hydrogen) atoms. The van der Waals surface area contributed by atoms with E-state index < -0.39 is 0 Å². The predicted molar refractivity (Wildman–Crippen MR) is 127 cm³/mol. The lowest BCUT2D eigenvalue weighted by Crippen LogP contribution is -2.12. The van der Waals surface area contributed by atoms with E-state index >= 15 is 0 Å². The van der Waals surface area contributed by atoms with E-state index in [9.17, 15) is 0 Å². The van der Waals surface area contributed by atoms with Gasteiger partial charge in [0.2, 0.25) is 0 Å². The zero-order chi connectivity index (χ0) is 21.9. The molecule has 0 atom stereocenters. The molecule has 0 amide bonds. The normalized spacial score (nSPS) is 11.6. The molecule has 0 unspecified atom stereocenters. The maximum absolute atomic E-state index is 6.14. The Kier molecular flexibility index (Phi) is 10.4. The Morgan fingerprint density at radius 3 is 2.07 bits per heavy atom. The van der Waals surface area contributed by atoms with Crippen LogP contribution in [0.15, 0.2) is 42.5 Å². The number of benzene rings is 2. The molecule has 3 nitrogen and oxygen atoms in total. The van der Waals surface area contributed by atoms with Gasteiger partial charge >= 0.3 is 0 Å². The number of hydrogen-bond acceptors (Lipinski definition) is 3. The van der Waals surface area contributed by atoms with Gasteiger partial charge in [-0.1, -0.05) is 64.1 Å². The number of rotatable bonds is 13. The van der Waals surface area contributed by atoms with Gasteiger partial charge in [0.25, 0.3) is 0 Å². The van der Waals surface area contributed by atoms with Crippen LogP contribution in [0.3, 0.4) is 0 Å². The maximum Gasteiger partial charge on any atom is 0.122 e. The summed E-state index contributed by atoms with van der Waals surface area (Å²) in [7, 11) is 4.19. The first-order valence-corrected chi connectivity index (χ1v) is 11.4. The number of hydrogen-bond donors (Lipinski definition) is 0. The van der Waals surface area contributed by atoms with Crippen LogP contribution >= 0.6 is 0 Å². The average molecular weight is 412 g/mol. The lowest BCUT2D eigenvalue weighted by atomic mass is 9.92. The second-order valence-electron chi connectivity index (χ2n) is 9.35. The second-order valence-corrected chi connectivity index (χ2v) is 9.35. The van der Waals surface area contributed by atoms with E-state index in [4.69, 9.17) is 9.47 Å². The van der Waals surface area contributed by atoms with Gasteiger partial charge in [-0.05, 0) is 73.5 Å². The summed E-state index contributed by atoms with van der Waals surface area (Å²) < 4.78 is 12.0. The number of ether oxygens (including phenoxy) is 2. The molecular weight excluding hydrogens is 370 g/mol. The zero-order valence-electron chi connectivity index (χ0n) is 19.9. The summed E-state index contributed by atoms with van der Waals surface area (Å²) >= 11 is 0. The van der Waals surface area contributed by atoms with Crippen LogP contribution in [0.25, 0.3) is 0 Å². The van der Waals surface area contributed by atoms with E-state index in [-0.39, 0.29) is 0 Å². The Hall–Kier alpha value is -1.84. The van der Waals surface area contributed by atoms with Crippen molar-refractivity contribution in [2.75, 3.05) is 33.9 Å². The SMILES string of the molecule is CC(C)Cc1cccc(OCCOCCc2ccc(CN(C)C)cc2)c1CC(C)C. The van der Waals surface area contributed by atoms with Crippen molar-refractivity contribution < 1.29 is 9.47 Å². The highest BCUT2D eigenvalue weighted by Crippen LogP contribution is 2.27. The minimum atomic E-state index is 0.595. The lowest BCUT2D eigenvalue weighted by Gasteiger charge is -2.18. The van der Waals surface area contributed by atoms with Gasteiger partial charge in [-0.2, -0.15) is 0 Å². The van der Waals surface area contributed by atoms with Crippen LogP contribution in [0.1, 0.15) is 49.9 Å². The Labute approximate surface area is 184 Å². The molecule has 2 rings (SSSR count). The van der Waals surface area contributed by atoms with E-state index in [0.29, 0.717) is 25.0 Å². The smallest absolute Gasteiger partial charge is 0.122 e. The standard InChI is InChI=1S/C27H41NO2/c1-21(2)18-25-8-7-9-27(26(25)19-22(3)4)30-17-16-29-15-14-23-10-12-24(13-11-23)20-28(5)6/h7-13,21-22H,14-20H2,1-6H3. The third kappa shape index (κ3) is 8.89. The fourth-order valence-corrected chi connectivity index (χ4v) is 3.70. The highest BCUT2D eigenvalue weighted by atomic mass is 16.5. The van der Waals surface area contributed by atoms with E-state index in [2.05, 4.69) is 89.2 Å². The van der Waals surface area contributed by atoms with Crippen molar-refractivity contribution in [1.82, 2.24) is 4.90 Å². The molecule has 0 aliphatic rings. The molecule has 0 aliphatic heterocycles. The topological polar surface area (TPSA) is 21.7 Å². The molecular formula is C27H41NO2. The third-order valence-corrected chi connectivity index (χ3v) is 5.01. The molecule has 0 heterocycles. The zero-order valence-corrected chi connectivity index (χ0v) is 19.9. The molecule has 2 aromatic rings. The molecule has 0 saturated carbocycles. The molecule has 0 saturated heterocycles. The van der Waals surface area contributed by atoms with Crippen molar-refractivity contribution >= 4 is 0 Å². The van der Waals surface area contributed by atoms with Crippen molar-refractivity contribution in [1.29, 1.82) is 0 Å². The molecule has 0 spiro atoms. The average Bonchev–Trinajstić information content (AvgIpc) is 2.67. The minimum Gasteiger partial charge on any atom is -0.491 e. The van der Waals surface area contributed by atoms with Gasteiger partial charge in [-0.15, -0.1) is 0 Å². The summed E-state index contributed by atoms with van der Waals surface area (Å²) in [6.45, 7) is 12.0. The molecule has 166 valence electrons. The molecule has 0 bridgehead atoms. The summed E-state index contributed by atoms with van der Waals surface area (Å²) in [5.74, 6) is 2.29. The van der Waals surface area contributed by atoms with Crippen LogP contribution in [0.4, 0.5) is 0 Å². The first-order chi connectivity index (χ1) is 14.3. The summed E-state index contributed by atoms with van der Waals surface area (Å²) in [4.78, 5) is 2.18. The van der Waals surface area contributed by atoms with E-state index in [1.807, 2.05) is 0 Å². The quantitative estimate of drug-likeness (QED) is 0.390. The van der Waals surface area contributed by atoms with Crippen molar-refractivity contribution in [3.8, 4) is 5.75 Å². The van der Waals surface area contributed by atoms with Crippen LogP contribution in [0, 0.1) is 11.8 Å².